The van der Waals surface area contributed by atoms with Gasteiger partial charge in [0.15, 0.2) is 0 Å². The maximum atomic E-state index is 13.8. The fourth-order valence-electron chi connectivity index (χ4n) is 4.63. The highest BCUT2D eigenvalue weighted by Crippen LogP contribution is 2.35. The van der Waals surface area contributed by atoms with Gasteiger partial charge >= 0.3 is 5.97 Å². The molecule has 1 N–H and O–H groups in total. The van der Waals surface area contributed by atoms with Crippen LogP contribution in [0.3, 0.4) is 0 Å². The van der Waals surface area contributed by atoms with Crippen molar-refractivity contribution in [1.82, 2.24) is 19.6 Å². The SMILES string of the molecule is CCOC(=O)CC1C(=O)NCCN1c1nc2ccccn2c(=O)c1C=C1SC(=S)N(Cc2ccc(C)cc2)C1=O. The molecule has 5 rings (SSSR count). The van der Waals surface area contributed by atoms with Gasteiger partial charge in [-0.05, 0) is 37.6 Å². The van der Waals surface area contributed by atoms with E-state index < -0.39 is 17.6 Å². The molecule has 2 aliphatic heterocycles. The molecule has 2 aromatic heterocycles. The van der Waals surface area contributed by atoms with E-state index in [1.165, 1.54) is 15.4 Å². The van der Waals surface area contributed by atoms with Gasteiger partial charge in [-0.15, -0.1) is 0 Å². The Hall–Kier alpha value is -4.03. The van der Waals surface area contributed by atoms with Gasteiger partial charge in [0.1, 0.15) is 21.8 Å². The van der Waals surface area contributed by atoms with E-state index in [0.29, 0.717) is 29.6 Å². The highest BCUT2D eigenvalue weighted by molar-refractivity contribution is 8.26. The zero-order valence-electron chi connectivity index (χ0n) is 22.0. The first-order chi connectivity index (χ1) is 19.3. The van der Waals surface area contributed by atoms with Gasteiger partial charge in [-0.2, -0.15) is 0 Å². The highest BCUT2D eigenvalue weighted by Gasteiger charge is 2.36. The number of carbonyl (C=O) groups excluding carboxylic acids is 3. The predicted molar refractivity (Wildman–Crippen MR) is 157 cm³/mol. The van der Waals surface area contributed by atoms with Gasteiger partial charge in [-0.25, -0.2) is 4.98 Å². The molecule has 4 heterocycles. The molecule has 2 amide bonds. The molecular formula is C28H27N5O5S2. The number of amides is 2. The lowest BCUT2D eigenvalue weighted by Crippen LogP contribution is -2.57. The molecule has 206 valence electrons. The van der Waals surface area contributed by atoms with E-state index in [-0.39, 0.29) is 41.1 Å². The van der Waals surface area contributed by atoms with E-state index in [1.807, 2.05) is 31.2 Å². The fourth-order valence-corrected chi connectivity index (χ4v) is 5.87. The van der Waals surface area contributed by atoms with Crippen LogP contribution in [-0.2, 0) is 25.7 Å². The van der Waals surface area contributed by atoms with Crippen LogP contribution in [0, 0.1) is 6.92 Å². The molecule has 0 radical (unpaired) electrons. The van der Waals surface area contributed by atoms with Gasteiger partial charge in [-0.1, -0.05) is 59.9 Å². The quantitative estimate of drug-likeness (QED) is 0.257. The number of thiocarbonyl (C=S) groups is 1. The summed E-state index contributed by atoms with van der Waals surface area (Å²) in [5.74, 6) is -1.02. The standard InChI is InChI=1S/C28H27N5O5S2/c1-3-38-23(34)15-20-25(35)29-11-13-31(20)24-19(26(36)32-12-5-4-6-22(32)30-24)14-21-27(37)33(28(39)40-21)16-18-9-7-17(2)8-10-18/h4-10,12,14,20H,3,11,13,15-16H2,1-2H3,(H,29,35). The molecule has 0 bridgehead atoms. The van der Waals surface area contributed by atoms with Crippen molar-refractivity contribution in [3.05, 3.63) is 80.6 Å². The second kappa shape index (κ2) is 11.6. The third kappa shape index (κ3) is 5.50. The number of anilines is 1. The van der Waals surface area contributed by atoms with Crippen molar-refractivity contribution < 1.29 is 19.1 Å². The topological polar surface area (TPSA) is 113 Å². The predicted octanol–water partition coefficient (Wildman–Crippen LogP) is 2.66. The summed E-state index contributed by atoms with van der Waals surface area (Å²) < 4.78 is 6.85. The molecule has 40 heavy (non-hydrogen) atoms. The summed E-state index contributed by atoms with van der Waals surface area (Å²) in [5, 5.41) is 2.77. The summed E-state index contributed by atoms with van der Waals surface area (Å²) in [6.45, 7) is 4.77. The van der Waals surface area contributed by atoms with Crippen LogP contribution in [-0.4, -0.2) is 62.1 Å². The highest BCUT2D eigenvalue weighted by atomic mass is 32.2. The first-order valence-electron chi connectivity index (χ1n) is 12.8. The number of hydrogen-bond acceptors (Lipinski definition) is 9. The van der Waals surface area contributed by atoms with Crippen LogP contribution < -0.4 is 15.8 Å². The number of fused-ring (bicyclic) bond motifs is 1. The molecule has 10 nitrogen and oxygen atoms in total. The van der Waals surface area contributed by atoms with Gasteiger partial charge in [0.2, 0.25) is 5.91 Å². The Balaban J connectivity index is 1.57. The second-order valence-electron chi connectivity index (χ2n) is 9.35. The van der Waals surface area contributed by atoms with Crippen molar-refractivity contribution in [3.8, 4) is 0 Å². The molecule has 2 aliphatic rings. The molecule has 12 heteroatoms. The minimum absolute atomic E-state index is 0.128. The van der Waals surface area contributed by atoms with E-state index in [2.05, 4.69) is 5.32 Å². The Morgan fingerprint density at radius 3 is 2.73 bits per heavy atom. The zero-order chi connectivity index (χ0) is 28.4. The number of nitrogens with one attached hydrogen (secondary N) is 1. The van der Waals surface area contributed by atoms with Gasteiger partial charge in [0.25, 0.3) is 11.5 Å². The Morgan fingerprint density at radius 2 is 1.98 bits per heavy atom. The number of benzene rings is 1. The lowest BCUT2D eigenvalue weighted by molar-refractivity contribution is -0.145. The molecule has 0 saturated carbocycles. The van der Waals surface area contributed by atoms with Crippen LogP contribution in [0.4, 0.5) is 5.82 Å². The third-order valence-corrected chi connectivity index (χ3v) is 8.01. The smallest absolute Gasteiger partial charge is 0.308 e. The molecule has 1 atom stereocenters. The summed E-state index contributed by atoms with van der Waals surface area (Å²) >= 11 is 6.63. The lowest BCUT2D eigenvalue weighted by atomic mass is 10.1. The Kier molecular flexibility index (Phi) is 7.99. The molecule has 1 aromatic carbocycles. The van der Waals surface area contributed by atoms with Crippen molar-refractivity contribution in [2.24, 2.45) is 0 Å². The molecule has 0 spiro atoms. The first kappa shape index (κ1) is 27.5. The second-order valence-corrected chi connectivity index (χ2v) is 11.0. The van der Waals surface area contributed by atoms with Crippen LogP contribution in [0.1, 0.15) is 30.0 Å². The summed E-state index contributed by atoms with van der Waals surface area (Å²) in [7, 11) is 0. The number of thioether (sulfide) groups is 1. The molecular weight excluding hydrogens is 550 g/mol. The number of aromatic nitrogens is 2. The van der Waals surface area contributed by atoms with Crippen molar-refractivity contribution >= 4 is 63.6 Å². The maximum absolute atomic E-state index is 13.8. The van der Waals surface area contributed by atoms with Gasteiger partial charge in [0, 0.05) is 19.3 Å². The monoisotopic (exact) mass is 577 g/mol. The number of piperazine rings is 1. The molecule has 0 aliphatic carbocycles. The van der Waals surface area contributed by atoms with Crippen LogP contribution in [0.5, 0.6) is 0 Å². The minimum atomic E-state index is -0.936. The van der Waals surface area contributed by atoms with E-state index >= 15 is 0 Å². The zero-order valence-corrected chi connectivity index (χ0v) is 23.6. The summed E-state index contributed by atoms with van der Waals surface area (Å²) in [6.07, 6.45) is 2.87. The van der Waals surface area contributed by atoms with Crippen molar-refractivity contribution in [2.45, 2.75) is 32.9 Å². The number of pyridine rings is 1. The van der Waals surface area contributed by atoms with E-state index in [0.717, 1.165) is 22.9 Å². The molecule has 3 aromatic rings. The number of nitrogens with zero attached hydrogens (tertiary/aromatic N) is 4. The van der Waals surface area contributed by atoms with Gasteiger partial charge < -0.3 is 15.0 Å². The van der Waals surface area contributed by atoms with Crippen LogP contribution in [0.2, 0.25) is 0 Å². The van der Waals surface area contributed by atoms with E-state index in [4.69, 9.17) is 21.9 Å². The fraction of sp³-hybridized carbons (Fsp3) is 0.286. The van der Waals surface area contributed by atoms with Crippen molar-refractivity contribution in [2.75, 3.05) is 24.6 Å². The first-order valence-corrected chi connectivity index (χ1v) is 14.0. The van der Waals surface area contributed by atoms with Gasteiger partial charge in [0.05, 0.1) is 30.0 Å². The lowest BCUT2D eigenvalue weighted by Gasteiger charge is -2.36. The number of esters is 1. The minimum Gasteiger partial charge on any atom is -0.466 e. The number of ether oxygens (including phenoxy) is 1. The van der Waals surface area contributed by atoms with Crippen LogP contribution >= 0.6 is 24.0 Å². The molecule has 2 saturated heterocycles. The largest absolute Gasteiger partial charge is 0.466 e. The Labute approximate surface area is 240 Å². The maximum Gasteiger partial charge on any atom is 0.308 e. The third-order valence-electron chi connectivity index (χ3n) is 6.63. The summed E-state index contributed by atoms with van der Waals surface area (Å²) in [5.41, 5.74) is 2.12. The average molecular weight is 578 g/mol. The molecule has 1 unspecified atom stereocenters. The number of aryl methyl sites for hydroxylation is 1. The van der Waals surface area contributed by atoms with E-state index in [9.17, 15) is 19.2 Å². The van der Waals surface area contributed by atoms with Gasteiger partial charge in [-0.3, -0.25) is 28.5 Å². The van der Waals surface area contributed by atoms with Crippen molar-refractivity contribution in [3.63, 3.8) is 0 Å². The average Bonchev–Trinajstić information content (AvgIpc) is 3.20. The van der Waals surface area contributed by atoms with E-state index in [1.54, 1.807) is 36.2 Å². The summed E-state index contributed by atoms with van der Waals surface area (Å²) in [6, 6.07) is 12.0. The van der Waals surface area contributed by atoms with Crippen molar-refractivity contribution in [1.29, 1.82) is 0 Å². The molecule has 2 fully saturated rings. The Morgan fingerprint density at radius 1 is 1.20 bits per heavy atom. The number of carbonyl (C=O) groups is 3. The van der Waals surface area contributed by atoms with Crippen LogP contribution in [0.15, 0.2) is 58.4 Å². The van der Waals surface area contributed by atoms with Crippen LogP contribution in [0.25, 0.3) is 11.7 Å². The number of hydrogen-bond donors (Lipinski definition) is 1. The normalized spacial score (nSPS) is 18.5. The summed E-state index contributed by atoms with van der Waals surface area (Å²) in [4.78, 5) is 60.6. The Bertz CT molecular complexity index is 1600. The number of rotatable bonds is 7.